The fourth-order valence-corrected chi connectivity index (χ4v) is 2.08. The second-order valence-corrected chi connectivity index (χ2v) is 4.34. The summed E-state index contributed by atoms with van der Waals surface area (Å²) in [4.78, 5) is 0. The molecule has 1 saturated heterocycles. The Balaban J connectivity index is 2.43. The van der Waals surface area contributed by atoms with E-state index >= 15 is 0 Å². The minimum atomic E-state index is -3.12. The molecular weight excluding hydrogens is 199 g/mol. The number of nitrogens with zero attached hydrogens (tertiary/aromatic N) is 1. The molecule has 0 aliphatic carbocycles. The van der Waals surface area contributed by atoms with E-state index in [0.29, 0.717) is 6.54 Å². The van der Waals surface area contributed by atoms with Crippen LogP contribution in [0.1, 0.15) is 19.3 Å². The molecule has 0 radical (unpaired) electrons. The Morgan fingerprint density at radius 2 is 2.00 bits per heavy atom. The minimum absolute atomic E-state index is 0.660. The topological polar surface area (TPSA) is 49.4 Å². The third-order valence-corrected chi connectivity index (χ3v) is 3.08. The van der Waals surface area contributed by atoms with Gasteiger partial charge in [-0.2, -0.15) is 0 Å². The van der Waals surface area contributed by atoms with Gasteiger partial charge in [-0.25, -0.2) is 0 Å². The fraction of sp³-hybridized carbons (Fsp3) is 1.00. The molecule has 4 nitrogen and oxygen atoms in total. The van der Waals surface area contributed by atoms with Crippen molar-refractivity contribution in [2.24, 2.45) is 0 Å². The van der Waals surface area contributed by atoms with Gasteiger partial charge >= 0.3 is 63.5 Å². The quantitative estimate of drug-likeness (QED) is 0.597. The Morgan fingerprint density at radius 3 is 2.70 bits per heavy atom. The van der Waals surface area contributed by atoms with Gasteiger partial charge in [-0.3, -0.25) is 0 Å². The predicted octanol–water partition coefficient (Wildman–Crippen LogP) is -0.445. The van der Waals surface area contributed by atoms with Gasteiger partial charge in [0.2, 0.25) is 0 Å². The van der Waals surface area contributed by atoms with E-state index < -0.39 is 14.0 Å². The standard InChI is InChI=1S/C5H12N2O2Se/c8-10(9)7-5-3-1-2-4-6-7/h6,10H,1-5H2. The predicted molar refractivity (Wildman–Crippen MR) is 37.1 cm³/mol. The second kappa shape index (κ2) is 4.03. The zero-order valence-corrected chi connectivity index (χ0v) is 7.62. The Kier molecular flexibility index (Phi) is 3.28. The van der Waals surface area contributed by atoms with Crippen molar-refractivity contribution in [1.82, 2.24) is 9.45 Å². The van der Waals surface area contributed by atoms with Gasteiger partial charge in [0.15, 0.2) is 0 Å². The van der Waals surface area contributed by atoms with Crippen molar-refractivity contribution in [3.8, 4) is 0 Å². The number of hydrogen-bond acceptors (Lipinski definition) is 3. The molecule has 1 heterocycles. The average molecular weight is 211 g/mol. The van der Waals surface area contributed by atoms with E-state index in [0.717, 1.165) is 25.8 Å². The number of hydrogen-bond donors (Lipinski definition) is 1. The van der Waals surface area contributed by atoms with Crippen molar-refractivity contribution in [2.45, 2.75) is 19.3 Å². The maximum absolute atomic E-state index is 10.5. The van der Waals surface area contributed by atoms with Gasteiger partial charge in [0.05, 0.1) is 0 Å². The zero-order chi connectivity index (χ0) is 7.40. The van der Waals surface area contributed by atoms with Gasteiger partial charge in [0, 0.05) is 0 Å². The van der Waals surface area contributed by atoms with Crippen LogP contribution in [0.25, 0.3) is 0 Å². The first-order valence-electron chi connectivity index (χ1n) is 3.46. The summed E-state index contributed by atoms with van der Waals surface area (Å²) in [5, 5.41) is 0. The van der Waals surface area contributed by atoms with Crippen LogP contribution < -0.4 is 5.43 Å². The van der Waals surface area contributed by atoms with Gasteiger partial charge in [-0.1, -0.05) is 0 Å². The molecule has 0 amide bonds. The normalized spacial score (nSPS) is 22.9. The molecule has 0 aromatic heterocycles. The van der Waals surface area contributed by atoms with Gasteiger partial charge in [-0.05, 0) is 0 Å². The summed E-state index contributed by atoms with van der Waals surface area (Å²) < 4.78 is 22.4. The van der Waals surface area contributed by atoms with Crippen LogP contribution in [0.3, 0.4) is 0 Å². The first-order valence-corrected chi connectivity index (χ1v) is 5.83. The summed E-state index contributed by atoms with van der Waals surface area (Å²) in [6, 6.07) is 0. The Hall–Kier alpha value is 0.0395. The van der Waals surface area contributed by atoms with Crippen LogP contribution in [-0.2, 0) is 7.67 Å². The van der Waals surface area contributed by atoms with E-state index in [-0.39, 0.29) is 0 Å². The van der Waals surface area contributed by atoms with Crippen LogP contribution in [0.2, 0.25) is 0 Å². The van der Waals surface area contributed by atoms with Crippen molar-refractivity contribution in [1.29, 1.82) is 0 Å². The molecule has 0 unspecified atom stereocenters. The SMILES string of the molecule is O=[SeH](=O)N1CCCCCN1. The molecule has 1 aliphatic rings. The molecule has 0 atom stereocenters. The molecule has 60 valence electrons. The van der Waals surface area contributed by atoms with Gasteiger partial charge in [-0.15, -0.1) is 0 Å². The van der Waals surface area contributed by atoms with E-state index in [1.165, 1.54) is 4.03 Å². The summed E-state index contributed by atoms with van der Waals surface area (Å²) in [5.74, 6) is 0. The molecule has 0 aromatic rings. The number of rotatable bonds is 1. The molecule has 0 aromatic carbocycles. The van der Waals surface area contributed by atoms with Crippen molar-refractivity contribution in [3.05, 3.63) is 0 Å². The van der Waals surface area contributed by atoms with Crippen molar-refractivity contribution in [2.75, 3.05) is 13.1 Å². The zero-order valence-electron chi connectivity index (χ0n) is 5.75. The second-order valence-electron chi connectivity index (χ2n) is 2.33. The summed E-state index contributed by atoms with van der Waals surface area (Å²) in [5.41, 5.74) is 2.85. The maximum atomic E-state index is 10.5. The molecule has 1 aliphatic heterocycles. The van der Waals surface area contributed by atoms with Crippen LogP contribution in [-0.4, -0.2) is 31.1 Å². The summed E-state index contributed by atoms with van der Waals surface area (Å²) >= 11 is -3.12. The molecule has 1 N–H and O–H groups in total. The summed E-state index contributed by atoms with van der Waals surface area (Å²) in [6.07, 6.45) is 3.20. The van der Waals surface area contributed by atoms with E-state index in [4.69, 9.17) is 0 Å². The monoisotopic (exact) mass is 212 g/mol. The number of hydrazine groups is 1. The summed E-state index contributed by atoms with van der Waals surface area (Å²) in [6.45, 7) is 1.46. The first kappa shape index (κ1) is 8.14. The van der Waals surface area contributed by atoms with Crippen LogP contribution in [0.5, 0.6) is 0 Å². The van der Waals surface area contributed by atoms with Gasteiger partial charge in [0.25, 0.3) is 0 Å². The van der Waals surface area contributed by atoms with E-state index in [9.17, 15) is 7.67 Å². The van der Waals surface area contributed by atoms with Crippen molar-refractivity contribution < 1.29 is 7.67 Å². The van der Waals surface area contributed by atoms with E-state index in [1.54, 1.807) is 0 Å². The van der Waals surface area contributed by atoms with Crippen LogP contribution >= 0.6 is 0 Å². The van der Waals surface area contributed by atoms with Crippen LogP contribution in [0.15, 0.2) is 0 Å². The molecule has 0 saturated carbocycles. The molecule has 0 spiro atoms. The fourth-order valence-electron chi connectivity index (χ4n) is 0.990. The molecular formula is C5H12N2O2Se. The first-order chi connectivity index (χ1) is 4.80. The molecule has 10 heavy (non-hydrogen) atoms. The number of nitrogens with one attached hydrogen (secondary N) is 1. The van der Waals surface area contributed by atoms with Crippen molar-refractivity contribution in [3.63, 3.8) is 0 Å². The van der Waals surface area contributed by atoms with E-state index in [2.05, 4.69) is 5.43 Å². The van der Waals surface area contributed by atoms with Crippen LogP contribution in [0.4, 0.5) is 0 Å². The van der Waals surface area contributed by atoms with E-state index in [1.807, 2.05) is 0 Å². The van der Waals surface area contributed by atoms with Crippen LogP contribution in [0, 0.1) is 0 Å². The Bertz CT molecular complexity index is 153. The van der Waals surface area contributed by atoms with Crippen molar-refractivity contribution >= 4 is 14.0 Å². The molecule has 0 bridgehead atoms. The van der Waals surface area contributed by atoms with Gasteiger partial charge < -0.3 is 0 Å². The Morgan fingerprint density at radius 1 is 1.20 bits per heavy atom. The molecule has 5 heteroatoms. The molecule has 1 fully saturated rings. The average Bonchev–Trinajstić information content (AvgIpc) is 2.12. The Labute approximate surface area is 64.1 Å². The third-order valence-electron chi connectivity index (χ3n) is 1.54. The van der Waals surface area contributed by atoms with Gasteiger partial charge in [0.1, 0.15) is 0 Å². The third kappa shape index (κ3) is 2.34. The molecule has 1 rings (SSSR count). The summed E-state index contributed by atoms with van der Waals surface area (Å²) in [7, 11) is 0.